The molecule has 11 heteroatoms. The van der Waals surface area contributed by atoms with Crippen molar-refractivity contribution < 1.29 is 13.9 Å². The molecule has 0 radical (unpaired) electrons. The number of imidazole rings is 1. The van der Waals surface area contributed by atoms with E-state index in [0.29, 0.717) is 17.2 Å². The maximum absolute atomic E-state index is 14.3. The van der Waals surface area contributed by atoms with Gasteiger partial charge in [0, 0.05) is 37.8 Å². The van der Waals surface area contributed by atoms with Gasteiger partial charge in [0.2, 0.25) is 5.88 Å². The summed E-state index contributed by atoms with van der Waals surface area (Å²) in [7, 11) is 1.84. The van der Waals surface area contributed by atoms with Gasteiger partial charge in [0.15, 0.2) is 5.82 Å². The molecule has 2 amide bonds. The van der Waals surface area contributed by atoms with Crippen LogP contribution in [-0.4, -0.2) is 35.3 Å². The second-order valence-electron chi connectivity index (χ2n) is 8.31. The molecule has 2 N–H and O–H groups in total. The van der Waals surface area contributed by atoms with E-state index in [0.717, 1.165) is 0 Å². The molecule has 0 saturated heterocycles. The summed E-state index contributed by atoms with van der Waals surface area (Å²) in [5, 5.41) is 9.34. The minimum Gasteiger partial charge on any atom is -0.439 e. The van der Waals surface area contributed by atoms with Gasteiger partial charge in [-0.25, -0.2) is 19.2 Å². The fourth-order valence-corrected chi connectivity index (χ4v) is 2.87. The molecule has 1 aromatic carbocycles. The number of halogens is 1. The van der Waals surface area contributed by atoms with Gasteiger partial charge in [-0.15, -0.1) is 0 Å². The molecular formula is C22H23FN8O2. The first-order valence-corrected chi connectivity index (χ1v) is 10.1. The van der Waals surface area contributed by atoms with E-state index in [2.05, 4.69) is 30.7 Å². The van der Waals surface area contributed by atoms with E-state index in [1.165, 1.54) is 24.4 Å². The van der Waals surface area contributed by atoms with Gasteiger partial charge < -0.3 is 19.9 Å². The summed E-state index contributed by atoms with van der Waals surface area (Å²) in [5.74, 6) is 0.323. The van der Waals surface area contributed by atoms with Crippen LogP contribution < -0.4 is 15.4 Å². The van der Waals surface area contributed by atoms with Crippen LogP contribution in [-0.2, 0) is 12.6 Å². The van der Waals surface area contributed by atoms with Gasteiger partial charge in [0.25, 0.3) is 0 Å². The van der Waals surface area contributed by atoms with Gasteiger partial charge in [0.1, 0.15) is 17.3 Å². The molecule has 33 heavy (non-hydrogen) atoms. The van der Waals surface area contributed by atoms with Crippen molar-refractivity contribution in [1.29, 1.82) is 0 Å². The lowest BCUT2D eigenvalue weighted by atomic mass is 10.1. The maximum atomic E-state index is 14.3. The predicted octanol–water partition coefficient (Wildman–Crippen LogP) is 4.40. The second kappa shape index (κ2) is 8.69. The summed E-state index contributed by atoms with van der Waals surface area (Å²) in [5.41, 5.74) is 0.798. The van der Waals surface area contributed by atoms with Crippen molar-refractivity contribution in [3.05, 3.63) is 61.2 Å². The number of urea groups is 1. The third-order valence-electron chi connectivity index (χ3n) is 4.50. The van der Waals surface area contributed by atoms with Crippen molar-refractivity contribution in [2.45, 2.75) is 26.3 Å². The molecule has 0 aliphatic heterocycles. The lowest BCUT2D eigenvalue weighted by Gasteiger charge is -2.18. The van der Waals surface area contributed by atoms with E-state index < -0.39 is 11.8 Å². The number of rotatable bonds is 5. The lowest BCUT2D eigenvalue weighted by Crippen LogP contribution is -2.22. The number of amides is 2. The Morgan fingerprint density at radius 3 is 2.64 bits per heavy atom. The number of ether oxygens (including phenoxy) is 1. The standard InChI is InChI=1S/C22H23FN8O2/c1-22(2,3)31-11-14(10-26-31)27-21(32)28-17-9-15(5-6-16(17)23)33-19-7-8-24-20(29-19)18-12-30(4)13-25-18/h5-13H,1-4H3,(H2,27,28,32). The molecule has 3 heterocycles. The molecule has 0 atom stereocenters. The average molecular weight is 450 g/mol. The largest absolute Gasteiger partial charge is 0.439 e. The second-order valence-corrected chi connectivity index (χ2v) is 8.31. The molecule has 0 bridgehead atoms. The van der Waals surface area contributed by atoms with Crippen LogP contribution in [0.5, 0.6) is 11.6 Å². The van der Waals surface area contributed by atoms with E-state index in [-0.39, 0.29) is 22.9 Å². The third kappa shape index (κ3) is 5.32. The van der Waals surface area contributed by atoms with Crippen molar-refractivity contribution in [1.82, 2.24) is 29.3 Å². The van der Waals surface area contributed by atoms with Crippen molar-refractivity contribution in [2.75, 3.05) is 10.6 Å². The zero-order valence-corrected chi connectivity index (χ0v) is 18.6. The third-order valence-corrected chi connectivity index (χ3v) is 4.50. The number of hydrogen-bond donors (Lipinski definition) is 2. The Balaban J connectivity index is 1.46. The fraction of sp³-hybridized carbons (Fsp3) is 0.227. The molecule has 0 saturated carbocycles. The molecular weight excluding hydrogens is 427 g/mol. The number of benzene rings is 1. The predicted molar refractivity (Wildman–Crippen MR) is 121 cm³/mol. The monoisotopic (exact) mass is 450 g/mol. The minimum absolute atomic E-state index is 0.0489. The lowest BCUT2D eigenvalue weighted by molar-refractivity contribution is 0.262. The molecule has 170 valence electrons. The average Bonchev–Trinajstić information content (AvgIpc) is 3.40. The maximum Gasteiger partial charge on any atom is 0.323 e. The van der Waals surface area contributed by atoms with Crippen LogP contribution in [0.1, 0.15) is 20.8 Å². The normalized spacial score (nSPS) is 11.3. The van der Waals surface area contributed by atoms with E-state index in [9.17, 15) is 9.18 Å². The summed E-state index contributed by atoms with van der Waals surface area (Å²) >= 11 is 0. The van der Waals surface area contributed by atoms with Crippen molar-refractivity contribution in [3.8, 4) is 23.1 Å². The smallest absolute Gasteiger partial charge is 0.323 e. The quantitative estimate of drug-likeness (QED) is 0.466. The number of aryl methyl sites for hydroxylation is 1. The molecule has 0 aliphatic carbocycles. The van der Waals surface area contributed by atoms with Crippen LogP contribution in [0.25, 0.3) is 11.5 Å². The number of anilines is 2. The zero-order valence-electron chi connectivity index (χ0n) is 18.6. The number of aromatic nitrogens is 6. The summed E-state index contributed by atoms with van der Waals surface area (Å²) in [4.78, 5) is 25.1. The molecule has 4 aromatic rings. The number of nitrogens with zero attached hydrogens (tertiary/aromatic N) is 6. The van der Waals surface area contributed by atoms with Gasteiger partial charge in [-0.3, -0.25) is 4.68 Å². The molecule has 10 nitrogen and oxygen atoms in total. The Kier molecular flexibility index (Phi) is 5.78. The molecule has 0 aliphatic rings. The first-order chi connectivity index (χ1) is 15.7. The molecule has 4 rings (SSSR count). The minimum atomic E-state index is -0.612. The number of carbonyl (C=O) groups excluding carboxylic acids is 1. The Bertz CT molecular complexity index is 1290. The van der Waals surface area contributed by atoms with Crippen LogP contribution in [0.4, 0.5) is 20.6 Å². The molecule has 0 fully saturated rings. The molecule has 3 aromatic heterocycles. The fourth-order valence-electron chi connectivity index (χ4n) is 2.87. The summed E-state index contributed by atoms with van der Waals surface area (Å²) in [6.07, 6.45) is 8.19. The zero-order chi connectivity index (χ0) is 23.6. The van der Waals surface area contributed by atoms with Crippen LogP contribution in [0.15, 0.2) is 55.4 Å². The highest BCUT2D eigenvalue weighted by Crippen LogP contribution is 2.26. The molecule has 0 unspecified atom stereocenters. The highest BCUT2D eigenvalue weighted by molar-refractivity contribution is 5.99. The topological polar surface area (TPSA) is 112 Å². The SMILES string of the molecule is Cn1cnc(-c2nccc(Oc3ccc(F)c(NC(=O)Nc4cnn(C(C)(C)C)c4)c3)n2)c1. The number of hydrogen-bond acceptors (Lipinski definition) is 6. The van der Waals surface area contributed by atoms with Gasteiger partial charge in [-0.2, -0.15) is 10.1 Å². The Hall–Kier alpha value is -4.28. The highest BCUT2D eigenvalue weighted by atomic mass is 19.1. The van der Waals surface area contributed by atoms with Crippen LogP contribution in [0.3, 0.4) is 0 Å². The van der Waals surface area contributed by atoms with E-state index >= 15 is 0 Å². The van der Waals surface area contributed by atoms with Crippen LogP contribution in [0, 0.1) is 5.82 Å². The Labute approximate surface area is 189 Å². The molecule has 0 spiro atoms. The first-order valence-electron chi connectivity index (χ1n) is 10.1. The van der Waals surface area contributed by atoms with Crippen molar-refractivity contribution >= 4 is 17.4 Å². The summed E-state index contributed by atoms with van der Waals surface area (Å²) in [6, 6.07) is 4.97. The Morgan fingerprint density at radius 1 is 1.12 bits per heavy atom. The summed E-state index contributed by atoms with van der Waals surface area (Å²) < 4.78 is 23.6. The number of carbonyl (C=O) groups is 1. The van der Waals surface area contributed by atoms with E-state index in [1.807, 2.05) is 27.8 Å². The first kappa shape index (κ1) is 21.9. The van der Waals surface area contributed by atoms with E-state index in [1.54, 1.807) is 40.2 Å². The number of nitrogens with one attached hydrogen (secondary N) is 2. The van der Waals surface area contributed by atoms with Crippen molar-refractivity contribution in [3.63, 3.8) is 0 Å². The van der Waals surface area contributed by atoms with E-state index in [4.69, 9.17) is 4.74 Å². The van der Waals surface area contributed by atoms with Gasteiger partial charge in [-0.05, 0) is 32.9 Å². The van der Waals surface area contributed by atoms with Gasteiger partial charge in [0.05, 0.1) is 29.4 Å². The van der Waals surface area contributed by atoms with Crippen LogP contribution >= 0.6 is 0 Å². The van der Waals surface area contributed by atoms with Crippen LogP contribution in [0.2, 0.25) is 0 Å². The van der Waals surface area contributed by atoms with Gasteiger partial charge >= 0.3 is 6.03 Å². The van der Waals surface area contributed by atoms with Crippen molar-refractivity contribution in [2.24, 2.45) is 7.05 Å². The Morgan fingerprint density at radius 2 is 1.94 bits per heavy atom. The highest BCUT2D eigenvalue weighted by Gasteiger charge is 2.16. The summed E-state index contributed by atoms with van der Waals surface area (Å²) in [6.45, 7) is 5.96. The van der Waals surface area contributed by atoms with Gasteiger partial charge in [-0.1, -0.05) is 0 Å².